The zero-order valence-corrected chi connectivity index (χ0v) is 18.9. The van der Waals surface area contributed by atoms with Gasteiger partial charge in [-0.05, 0) is 65.3 Å². The number of fused-ring (bicyclic) bond motifs is 1. The number of aliphatic hydroxyl groups excluding tert-OH is 1. The quantitative estimate of drug-likeness (QED) is 0.360. The number of aromatic nitrogens is 1. The van der Waals surface area contributed by atoms with Gasteiger partial charge in [-0.2, -0.15) is 0 Å². The first-order valence-corrected chi connectivity index (χ1v) is 11.1. The molecule has 164 valence electrons. The maximum absolute atomic E-state index is 13.0. The van der Waals surface area contributed by atoms with Crippen molar-refractivity contribution in [3.63, 3.8) is 0 Å². The van der Waals surface area contributed by atoms with Crippen molar-refractivity contribution in [3.05, 3.63) is 95.2 Å². The summed E-state index contributed by atoms with van der Waals surface area (Å²) in [5.41, 5.74) is 7.29. The van der Waals surface area contributed by atoms with Crippen LogP contribution in [0.3, 0.4) is 0 Å². The highest BCUT2D eigenvalue weighted by molar-refractivity contribution is 5.96. The molecule has 0 bridgehead atoms. The second kappa shape index (κ2) is 9.41. The van der Waals surface area contributed by atoms with Gasteiger partial charge in [0.25, 0.3) is 5.91 Å². The molecule has 4 aromatic rings. The maximum Gasteiger partial charge on any atom is 0.251 e. The topological polar surface area (TPSA) is 65.1 Å². The summed E-state index contributed by atoms with van der Waals surface area (Å²) in [6.45, 7) is 6.30. The molecule has 1 atom stereocenters. The zero-order valence-electron chi connectivity index (χ0n) is 18.9. The van der Waals surface area contributed by atoms with Gasteiger partial charge in [0.05, 0.1) is 12.6 Å². The summed E-state index contributed by atoms with van der Waals surface area (Å²) in [6, 6.07) is 22.0. The average Bonchev–Trinajstić information content (AvgIpc) is 3.21. The smallest absolute Gasteiger partial charge is 0.251 e. The molecule has 0 spiro atoms. The fraction of sp³-hybridized carbons (Fsp3) is 0.250. The van der Waals surface area contributed by atoms with E-state index in [1.54, 1.807) is 0 Å². The number of rotatable bonds is 7. The van der Waals surface area contributed by atoms with E-state index in [1.165, 1.54) is 5.56 Å². The fourth-order valence-corrected chi connectivity index (χ4v) is 4.14. The molecule has 4 heteroatoms. The predicted octanol–water partition coefficient (Wildman–Crippen LogP) is 5.60. The first-order valence-electron chi connectivity index (χ1n) is 11.1. The van der Waals surface area contributed by atoms with Crippen molar-refractivity contribution < 1.29 is 9.90 Å². The lowest BCUT2D eigenvalue weighted by Crippen LogP contribution is -2.39. The summed E-state index contributed by atoms with van der Waals surface area (Å²) in [7, 11) is 0. The van der Waals surface area contributed by atoms with Gasteiger partial charge in [-0.25, -0.2) is 0 Å². The number of aromatic amines is 1. The van der Waals surface area contributed by atoms with Gasteiger partial charge in [0.1, 0.15) is 0 Å². The first kappa shape index (κ1) is 21.8. The lowest BCUT2D eigenvalue weighted by atomic mass is 9.94. The van der Waals surface area contributed by atoms with Crippen LogP contribution in [-0.2, 0) is 6.42 Å². The minimum absolute atomic E-state index is 0.125. The van der Waals surface area contributed by atoms with Crippen LogP contribution in [-0.4, -0.2) is 28.6 Å². The van der Waals surface area contributed by atoms with Crippen LogP contribution in [0.1, 0.15) is 46.8 Å². The van der Waals surface area contributed by atoms with Crippen LogP contribution in [0.2, 0.25) is 0 Å². The number of H-pyrrole nitrogens is 1. The molecule has 4 rings (SSSR count). The number of benzene rings is 3. The van der Waals surface area contributed by atoms with E-state index in [1.807, 2.05) is 42.6 Å². The molecule has 0 aliphatic rings. The minimum Gasteiger partial charge on any atom is -0.394 e. The highest BCUT2D eigenvalue weighted by atomic mass is 16.3. The summed E-state index contributed by atoms with van der Waals surface area (Å²) >= 11 is 0. The largest absolute Gasteiger partial charge is 0.394 e. The number of nitrogens with one attached hydrogen (secondary N) is 2. The summed E-state index contributed by atoms with van der Waals surface area (Å²) in [6.07, 6.45) is 2.51. The molecular formula is C28H30N2O2. The summed E-state index contributed by atoms with van der Waals surface area (Å²) in [5.74, 6) is 0.265. The number of aliphatic hydroxyl groups is 1. The van der Waals surface area contributed by atoms with Crippen molar-refractivity contribution in [2.75, 3.05) is 6.61 Å². The second-order valence-electron chi connectivity index (χ2n) is 8.73. The molecular weight excluding hydrogens is 396 g/mol. The van der Waals surface area contributed by atoms with E-state index in [0.717, 1.165) is 33.2 Å². The molecule has 0 radical (unpaired) electrons. The molecule has 0 aliphatic heterocycles. The van der Waals surface area contributed by atoms with Gasteiger partial charge in [-0.15, -0.1) is 0 Å². The van der Waals surface area contributed by atoms with Gasteiger partial charge in [0.15, 0.2) is 0 Å². The van der Waals surface area contributed by atoms with Crippen LogP contribution in [0.15, 0.2) is 72.9 Å². The lowest BCUT2D eigenvalue weighted by Gasteiger charge is -2.17. The van der Waals surface area contributed by atoms with Crippen LogP contribution in [0.5, 0.6) is 0 Å². The molecule has 0 unspecified atom stereocenters. The van der Waals surface area contributed by atoms with Gasteiger partial charge in [-0.3, -0.25) is 4.79 Å². The maximum atomic E-state index is 13.0. The molecule has 0 aliphatic carbocycles. The Balaban J connectivity index is 1.55. The number of hydrogen-bond donors (Lipinski definition) is 3. The summed E-state index contributed by atoms with van der Waals surface area (Å²) in [4.78, 5) is 16.3. The average molecular weight is 427 g/mol. The predicted molar refractivity (Wildman–Crippen MR) is 131 cm³/mol. The van der Waals surface area contributed by atoms with Crippen LogP contribution in [0.4, 0.5) is 0 Å². The Morgan fingerprint density at radius 3 is 2.62 bits per heavy atom. The molecule has 3 N–H and O–H groups in total. The molecule has 1 amide bonds. The highest BCUT2D eigenvalue weighted by Gasteiger charge is 2.17. The normalized spacial score (nSPS) is 12.3. The Morgan fingerprint density at radius 1 is 1.03 bits per heavy atom. The fourth-order valence-electron chi connectivity index (χ4n) is 4.14. The first-order chi connectivity index (χ1) is 15.5. The monoisotopic (exact) mass is 426 g/mol. The van der Waals surface area contributed by atoms with E-state index in [9.17, 15) is 9.90 Å². The summed E-state index contributed by atoms with van der Waals surface area (Å²) < 4.78 is 0. The van der Waals surface area contributed by atoms with Crippen LogP contribution >= 0.6 is 0 Å². The molecule has 1 aromatic heterocycles. The second-order valence-corrected chi connectivity index (χ2v) is 8.73. The van der Waals surface area contributed by atoms with Gasteiger partial charge >= 0.3 is 0 Å². The van der Waals surface area contributed by atoms with Gasteiger partial charge < -0.3 is 15.4 Å². The highest BCUT2D eigenvalue weighted by Crippen LogP contribution is 2.28. The van der Waals surface area contributed by atoms with Crippen molar-refractivity contribution >= 4 is 16.8 Å². The molecule has 0 saturated heterocycles. The number of carbonyl (C=O) groups excluding carboxylic acids is 1. The zero-order chi connectivity index (χ0) is 22.7. The standard InChI is InChI=1S/C28H30N2O2/c1-18(2)20-7-6-8-21(13-20)26-15-22(12-11-19(26)3)28(32)30-24(17-31)14-23-16-29-27-10-5-4-9-25(23)27/h4-13,15-16,18,24,29,31H,14,17H2,1-3H3,(H,30,32)/t24-/m1/s1. The third kappa shape index (κ3) is 4.61. The Kier molecular flexibility index (Phi) is 6.42. The van der Waals surface area contributed by atoms with Crippen LogP contribution in [0.25, 0.3) is 22.0 Å². The van der Waals surface area contributed by atoms with Crippen molar-refractivity contribution in [3.8, 4) is 11.1 Å². The molecule has 0 fully saturated rings. The third-order valence-electron chi connectivity index (χ3n) is 6.06. The van der Waals surface area contributed by atoms with Crippen molar-refractivity contribution in [1.29, 1.82) is 0 Å². The van der Waals surface area contributed by atoms with Gasteiger partial charge in [-0.1, -0.05) is 62.4 Å². The van der Waals surface area contributed by atoms with E-state index in [2.05, 4.69) is 61.4 Å². The molecule has 3 aromatic carbocycles. The SMILES string of the molecule is Cc1ccc(C(=O)N[C@@H](CO)Cc2c[nH]c3ccccc23)cc1-c1cccc(C(C)C)c1. The van der Waals surface area contributed by atoms with Crippen LogP contribution < -0.4 is 5.32 Å². The molecule has 4 nitrogen and oxygen atoms in total. The molecule has 1 heterocycles. The van der Waals surface area contributed by atoms with E-state index in [4.69, 9.17) is 0 Å². The number of amides is 1. The number of carbonyl (C=O) groups is 1. The summed E-state index contributed by atoms with van der Waals surface area (Å²) in [5, 5.41) is 14.1. The van der Waals surface area contributed by atoms with E-state index >= 15 is 0 Å². The Hall–Kier alpha value is -3.37. The lowest BCUT2D eigenvalue weighted by molar-refractivity contribution is 0.0916. The van der Waals surface area contributed by atoms with Crippen molar-refractivity contribution in [2.45, 2.75) is 39.2 Å². The van der Waals surface area contributed by atoms with Crippen molar-refractivity contribution in [2.24, 2.45) is 0 Å². The van der Waals surface area contributed by atoms with E-state index in [-0.39, 0.29) is 18.6 Å². The van der Waals surface area contributed by atoms with Gasteiger partial charge in [0.2, 0.25) is 0 Å². The molecule has 32 heavy (non-hydrogen) atoms. The van der Waals surface area contributed by atoms with Crippen LogP contribution in [0, 0.1) is 6.92 Å². The minimum atomic E-state index is -0.365. The Morgan fingerprint density at radius 2 is 1.84 bits per heavy atom. The number of hydrogen-bond acceptors (Lipinski definition) is 2. The van der Waals surface area contributed by atoms with Gasteiger partial charge in [0, 0.05) is 22.7 Å². The van der Waals surface area contributed by atoms with E-state index in [0.29, 0.717) is 17.9 Å². The van der Waals surface area contributed by atoms with Crippen molar-refractivity contribution in [1.82, 2.24) is 10.3 Å². The third-order valence-corrected chi connectivity index (χ3v) is 6.06. The molecule has 0 saturated carbocycles. The van der Waals surface area contributed by atoms with E-state index < -0.39 is 0 Å². The number of para-hydroxylation sites is 1. The Bertz CT molecular complexity index is 1240. The number of aryl methyl sites for hydroxylation is 1. The Labute approximate surface area is 189 Å².